The number of carbonyl (C=O) groups is 1. The highest BCUT2D eigenvalue weighted by Crippen LogP contribution is 2.27. The zero-order valence-electron chi connectivity index (χ0n) is 8.41. The number of nitrogens with zero attached hydrogens (tertiary/aromatic N) is 2. The largest absolute Gasteiger partial charge is 0.481 e. The summed E-state index contributed by atoms with van der Waals surface area (Å²) in [6, 6.07) is 0. The highest BCUT2D eigenvalue weighted by Gasteiger charge is 2.17. The van der Waals surface area contributed by atoms with Crippen molar-refractivity contribution in [3.05, 3.63) is 15.9 Å². The number of halogens is 1. The number of aromatic nitrogens is 2. The lowest BCUT2D eigenvalue weighted by Crippen LogP contribution is -2.06. The molecule has 0 amide bonds. The molecule has 5 heteroatoms. The fourth-order valence-corrected chi connectivity index (χ4v) is 2.19. The molecule has 1 rings (SSSR count). The van der Waals surface area contributed by atoms with Crippen molar-refractivity contribution in [1.29, 1.82) is 0 Å². The Labute approximate surface area is 91.1 Å². The van der Waals surface area contributed by atoms with Crippen molar-refractivity contribution in [2.75, 3.05) is 0 Å². The van der Waals surface area contributed by atoms with E-state index in [9.17, 15) is 4.79 Å². The van der Waals surface area contributed by atoms with Crippen LogP contribution in [0.25, 0.3) is 0 Å². The molecular weight excluding hydrogens is 248 g/mol. The minimum Gasteiger partial charge on any atom is -0.481 e. The predicted molar refractivity (Wildman–Crippen MR) is 56.3 cm³/mol. The number of aryl methyl sites for hydroxylation is 1. The van der Waals surface area contributed by atoms with E-state index in [1.54, 1.807) is 11.7 Å². The van der Waals surface area contributed by atoms with E-state index in [1.807, 2.05) is 13.8 Å². The lowest BCUT2D eigenvalue weighted by Gasteiger charge is -1.99. The Morgan fingerprint density at radius 2 is 2.21 bits per heavy atom. The van der Waals surface area contributed by atoms with Gasteiger partial charge in [-0.2, -0.15) is 5.10 Å². The van der Waals surface area contributed by atoms with Gasteiger partial charge in [-0.1, -0.05) is 13.8 Å². The first-order valence-electron chi connectivity index (χ1n) is 4.36. The quantitative estimate of drug-likeness (QED) is 0.904. The van der Waals surface area contributed by atoms with Crippen molar-refractivity contribution in [1.82, 2.24) is 9.78 Å². The highest BCUT2D eigenvalue weighted by atomic mass is 79.9. The molecule has 14 heavy (non-hydrogen) atoms. The van der Waals surface area contributed by atoms with Crippen LogP contribution in [0.3, 0.4) is 0 Å². The lowest BCUT2D eigenvalue weighted by atomic mass is 10.1. The molecule has 1 heterocycles. The topological polar surface area (TPSA) is 55.1 Å². The summed E-state index contributed by atoms with van der Waals surface area (Å²) in [5, 5.41) is 13.0. The molecule has 0 aliphatic carbocycles. The minimum absolute atomic E-state index is 0.00317. The number of carboxylic acid groups (broad SMARTS) is 1. The molecule has 0 spiro atoms. The molecule has 0 saturated carbocycles. The summed E-state index contributed by atoms with van der Waals surface area (Å²) >= 11 is 3.38. The number of aliphatic carboxylic acids is 1. The number of hydrogen-bond acceptors (Lipinski definition) is 2. The van der Waals surface area contributed by atoms with E-state index in [1.165, 1.54) is 0 Å². The first kappa shape index (κ1) is 11.2. The van der Waals surface area contributed by atoms with Crippen LogP contribution in [0.4, 0.5) is 0 Å². The van der Waals surface area contributed by atoms with Crippen LogP contribution in [0.2, 0.25) is 0 Å². The molecule has 0 atom stereocenters. The standard InChI is InChI=1S/C9H13BrN2O2/c1-5(2)9-8(10)6(4-7(13)14)12(3)11-9/h5H,4H2,1-3H3,(H,13,14). The average Bonchev–Trinajstić information content (AvgIpc) is 2.31. The molecular formula is C9H13BrN2O2. The van der Waals surface area contributed by atoms with Crippen LogP contribution >= 0.6 is 15.9 Å². The Hall–Kier alpha value is -0.840. The SMILES string of the molecule is CC(C)c1nn(C)c(CC(=O)O)c1Br. The Balaban J connectivity index is 3.11. The summed E-state index contributed by atoms with van der Waals surface area (Å²) in [6.45, 7) is 4.05. The fraction of sp³-hybridized carbons (Fsp3) is 0.556. The van der Waals surface area contributed by atoms with Gasteiger partial charge in [0, 0.05) is 7.05 Å². The monoisotopic (exact) mass is 260 g/mol. The van der Waals surface area contributed by atoms with Crippen LogP contribution in [0.15, 0.2) is 4.47 Å². The Kier molecular flexibility index (Phi) is 3.31. The molecule has 0 radical (unpaired) electrons. The smallest absolute Gasteiger partial charge is 0.309 e. The summed E-state index contributed by atoms with van der Waals surface area (Å²) in [6.07, 6.45) is -0.00317. The van der Waals surface area contributed by atoms with Gasteiger partial charge in [0.1, 0.15) is 0 Å². The van der Waals surface area contributed by atoms with Gasteiger partial charge in [-0.05, 0) is 21.8 Å². The van der Waals surface area contributed by atoms with E-state index in [0.717, 1.165) is 10.2 Å². The van der Waals surface area contributed by atoms with Crippen molar-refractivity contribution in [2.45, 2.75) is 26.2 Å². The maximum absolute atomic E-state index is 10.6. The predicted octanol–water partition coefficient (Wildman–Crippen LogP) is 1.93. The van der Waals surface area contributed by atoms with Gasteiger partial charge < -0.3 is 5.11 Å². The number of rotatable bonds is 3. The maximum Gasteiger partial charge on any atom is 0.309 e. The molecule has 0 aliphatic heterocycles. The molecule has 0 unspecified atom stereocenters. The first-order chi connectivity index (χ1) is 6.43. The fourth-order valence-electron chi connectivity index (χ4n) is 1.26. The molecule has 0 saturated heterocycles. The third-order valence-corrected chi connectivity index (χ3v) is 2.86. The van der Waals surface area contributed by atoms with Gasteiger partial charge in [0.05, 0.1) is 22.3 Å². The number of carboxylic acids is 1. The van der Waals surface area contributed by atoms with Gasteiger partial charge in [0.2, 0.25) is 0 Å². The summed E-state index contributed by atoms with van der Waals surface area (Å²) in [5.41, 5.74) is 1.62. The van der Waals surface area contributed by atoms with Gasteiger partial charge in [0.15, 0.2) is 0 Å². The first-order valence-corrected chi connectivity index (χ1v) is 5.15. The van der Waals surface area contributed by atoms with Crippen molar-refractivity contribution < 1.29 is 9.90 Å². The van der Waals surface area contributed by atoms with Gasteiger partial charge in [-0.3, -0.25) is 9.48 Å². The molecule has 1 aromatic heterocycles. The van der Waals surface area contributed by atoms with Gasteiger partial charge >= 0.3 is 5.97 Å². The highest BCUT2D eigenvalue weighted by molar-refractivity contribution is 9.10. The van der Waals surface area contributed by atoms with Crippen LogP contribution in [-0.4, -0.2) is 20.9 Å². The van der Waals surface area contributed by atoms with E-state index < -0.39 is 5.97 Å². The van der Waals surface area contributed by atoms with Crippen LogP contribution in [0.5, 0.6) is 0 Å². The summed E-state index contributed by atoms with van der Waals surface area (Å²) in [7, 11) is 1.76. The third-order valence-electron chi connectivity index (χ3n) is 1.99. The molecule has 0 bridgehead atoms. The zero-order chi connectivity index (χ0) is 10.9. The van der Waals surface area contributed by atoms with Crippen molar-refractivity contribution in [3.63, 3.8) is 0 Å². The number of hydrogen-bond donors (Lipinski definition) is 1. The van der Waals surface area contributed by atoms with Gasteiger partial charge in [-0.15, -0.1) is 0 Å². The van der Waals surface area contributed by atoms with Crippen LogP contribution < -0.4 is 0 Å². The average molecular weight is 261 g/mol. The summed E-state index contributed by atoms with van der Waals surface area (Å²) in [5.74, 6) is -0.554. The van der Waals surface area contributed by atoms with Crippen LogP contribution in [0.1, 0.15) is 31.2 Å². The molecule has 1 N–H and O–H groups in total. The van der Waals surface area contributed by atoms with Crippen molar-refractivity contribution in [2.24, 2.45) is 7.05 Å². The van der Waals surface area contributed by atoms with Crippen molar-refractivity contribution >= 4 is 21.9 Å². The molecule has 4 nitrogen and oxygen atoms in total. The van der Waals surface area contributed by atoms with Crippen LogP contribution in [-0.2, 0) is 18.3 Å². The Morgan fingerprint density at radius 1 is 1.64 bits per heavy atom. The van der Waals surface area contributed by atoms with Crippen molar-refractivity contribution in [3.8, 4) is 0 Å². The van der Waals surface area contributed by atoms with Crippen LogP contribution in [0, 0.1) is 0 Å². The van der Waals surface area contributed by atoms with Gasteiger partial charge in [-0.25, -0.2) is 0 Å². The molecule has 0 aromatic carbocycles. The molecule has 78 valence electrons. The van der Waals surface area contributed by atoms with E-state index >= 15 is 0 Å². The van der Waals surface area contributed by atoms with E-state index in [0.29, 0.717) is 5.69 Å². The second-order valence-corrected chi connectivity index (χ2v) is 4.29. The summed E-state index contributed by atoms with van der Waals surface area (Å²) in [4.78, 5) is 10.6. The van der Waals surface area contributed by atoms with Gasteiger partial charge in [0.25, 0.3) is 0 Å². The zero-order valence-corrected chi connectivity index (χ0v) is 10.00. The normalized spacial score (nSPS) is 10.9. The van der Waals surface area contributed by atoms with E-state index in [2.05, 4.69) is 21.0 Å². The second-order valence-electron chi connectivity index (χ2n) is 3.49. The molecule has 0 aliphatic rings. The molecule has 1 aromatic rings. The Morgan fingerprint density at radius 3 is 2.57 bits per heavy atom. The maximum atomic E-state index is 10.6. The molecule has 0 fully saturated rings. The minimum atomic E-state index is -0.844. The summed E-state index contributed by atoms with van der Waals surface area (Å²) < 4.78 is 2.44. The van der Waals surface area contributed by atoms with E-state index in [-0.39, 0.29) is 12.3 Å². The Bertz CT molecular complexity index is 358. The van der Waals surface area contributed by atoms with E-state index in [4.69, 9.17) is 5.11 Å². The second kappa shape index (κ2) is 4.13. The third kappa shape index (κ3) is 2.15. The lowest BCUT2D eigenvalue weighted by molar-refractivity contribution is -0.136.